The minimum absolute atomic E-state index is 0.657. The van der Waals surface area contributed by atoms with Gasteiger partial charge in [-0.2, -0.15) is 0 Å². The highest BCUT2D eigenvalue weighted by molar-refractivity contribution is 6.26. The van der Waals surface area contributed by atoms with Crippen molar-refractivity contribution in [2.24, 2.45) is 0 Å². The zero-order valence-corrected chi connectivity index (χ0v) is 24.7. The summed E-state index contributed by atoms with van der Waals surface area (Å²) >= 11 is 0. The SMILES string of the molecule is c1ccc(-c2cc(-c3ccccc3)nc(-n3c4cccc5ccc6c(-c7ccc8oc9ccccc9c8c7)ccc3c6c54)n2)cc1. The van der Waals surface area contributed by atoms with Crippen LogP contribution in [0.1, 0.15) is 0 Å². The van der Waals surface area contributed by atoms with Crippen molar-refractivity contribution in [2.75, 3.05) is 0 Å². The van der Waals surface area contributed by atoms with Gasteiger partial charge in [-0.05, 0) is 58.3 Å². The molecule has 0 N–H and O–H groups in total. The molecule has 0 aliphatic rings. The molecule has 46 heavy (non-hydrogen) atoms. The molecule has 10 rings (SSSR count). The van der Waals surface area contributed by atoms with Gasteiger partial charge >= 0.3 is 0 Å². The summed E-state index contributed by atoms with van der Waals surface area (Å²) in [6, 6.07) is 53.0. The van der Waals surface area contributed by atoms with Crippen LogP contribution in [0.4, 0.5) is 0 Å². The standard InChI is InChI=1S/C42H25N3O/c1-3-10-26(11-4-1)34-25-35(27-12-5-2-6-13-27)44-42(43-34)45-36-16-9-14-28-18-20-32-30(21-22-37(45)41(32)40(28)36)29-19-23-39-33(24-29)31-15-7-8-17-38(31)46-39/h1-25H. The Kier molecular flexibility index (Phi) is 5.25. The Labute approximate surface area is 264 Å². The van der Waals surface area contributed by atoms with Crippen molar-refractivity contribution in [3.8, 4) is 39.6 Å². The van der Waals surface area contributed by atoms with Gasteiger partial charge in [0.05, 0.1) is 22.4 Å². The Balaban J connectivity index is 1.25. The number of fused-ring (bicyclic) bond motifs is 3. The van der Waals surface area contributed by atoms with E-state index in [0.29, 0.717) is 5.95 Å². The Morgan fingerprint density at radius 3 is 1.91 bits per heavy atom. The van der Waals surface area contributed by atoms with Crippen LogP contribution in [0.3, 0.4) is 0 Å². The maximum absolute atomic E-state index is 6.14. The van der Waals surface area contributed by atoms with E-state index in [1.807, 2.05) is 24.3 Å². The molecule has 0 unspecified atom stereocenters. The largest absolute Gasteiger partial charge is 0.456 e. The molecule has 0 amide bonds. The summed E-state index contributed by atoms with van der Waals surface area (Å²) in [5.74, 6) is 0.657. The number of aromatic nitrogens is 3. The smallest absolute Gasteiger partial charge is 0.235 e. The summed E-state index contributed by atoms with van der Waals surface area (Å²) in [5, 5.41) is 7.11. The summed E-state index contributed by atoms with van der Waals surface area (Å²) in [6.45, 7) is 0. The van der Waals surface area contributed by atoms with E-state index in [2.05, 4.69) is 132 Å². The predicted octanol–water partition coefficient (Wildman–Crippen LogP) is 11.1. The lowest BCUT2D eigenvalue weighted by molar-refractivity contribution is 0.669. The monoisotopic (exact) mass is 587 g/mol. The van der Waals surface area contributed by atoms with E-state index in [0.717, 1.165) is 61.1 Å². The number of nitrogens with zero attached hydrogens (tertiary/aromatic N) is 3. The first-order chi connectivity index (χ1) is 22.8. The molecular weight excluding hydrogens is 562 g/mol. The molecule has 0 aliphatic carbocycles. The van der Waals surface area contributed by atoms with Crippen molar-refractivity contribution in [1.82, 2.24) is 14.5 Å². The Morgan fingerprint density at radius 2 is 1.13 bits per heavy atom. The second-order valence-corrected chi connectivity index (χ2v) is 11.8. The normalized spacial score (nSPS) is 11.9. The molecule has 10 aromatic rings. The Morgan fingerprint density at radius 1 is 0.435 bits per heavy atom. The minimum Gasteiger partial charge on any atom is -0.456 e. The molecule has 0 fully saturated rings. The van der Waals surface area contributed by atoms with Gasteiger partial charge in [-0.25, -0.2) is 9.97 Å². The van der Waals surface area contributed by atoms with Crippen molar-refractivity contribution in [1.29, 1.82) is 0 Å². The van der Waals surface area contributed by atoms with Crippen LogP contribution in [-0.4, -0.2) is 14.5 Å². The van der Waals surface area contributed by atoms with Gasteiger partial charge in [-0.15, -0.1) is 0 Å². The number of furan rings is 1. The van der Waals surface area contributed by atoms with Crippen LogP contribution in [-0.2, 0) is 0 Å². The van der Waals surface area contributed by atoms with Gasteiger partial charge in [0.25, 0.3) is 0 Å². The molecule has 4 heteroatoms. The molecule has 0 saturated carbocycles. The van der Waals surface area contributed by atoms with E-state index in [4.69, 9.17) is 14.4 Å². The van der Waals surface area contributed by atoms with E-state index in [1.165, 1.54) is 27.1 Å². The maximum atomic E-state index is 6.14. The van der Waals surface area contributed by atoms with Crippen LogP contribution in [0, 0.1) is 0 Å². The maximum Gasteiger partial charge on any atom is 0.235 e. The van der Waals surface area contributed by atoms with Crippen molar-refractivity contribution in [3.63, 3.8) is 0 Å². The first kappa shape index (κ1) is 25.1. The van der Waals surface area contributed by atoms with Crippen LogP contribution in [0.5, 0.6) is 0 Å². The molecule has 0 bridgehead atoms. The average Bonchev–Trinajstić information content (AvgIpc) is 3.67. The van der Waals surface area contributed by atoms with Gasteiger partial charge < -0.3 is 4.42 Å². The van der Waals surface area contributed by atoms with Crippen molar-refractivity contribution < 1.29 is 4.42 Å². The number of para-hydroxylation sites is 1. The third-order valence-corrected chi connectivity index (χ3v) is 9.20. The van der Waals surface area contributed by atoms with Gasteiger partial charge in [0, 0.05) is 32.7 Å². The van der Waals surface area contributed by atoms with E-state index in [-0.39, 0.29) is 0 Å². The fraction of sp³-hybridized carbons (Fsp3) is 0. The highest BCUT2D eigenvalue weighted by Gasteiger charge is 2.21. The lowest BCUT2D eigenvalue weighted by Gasteiger charge is -2.12. The molecular formula is C42H25N3O. The zero-order valence-electron chi connectivity index (χ0n) is 24.7. The second-order valence-electron chi connectivity index (χ2n) is 11.8. The Hall–Kier alpha value is -6.26. The van der Waals surface area contributed by atoms with Crippen LogP contribution in [0.15, 0.2) is 156 Å². The number of hydrogen-bond donors (Lipinski definition) is 0. The second kappa shape index (κ2) is 9.62. The summed E-state index contributed by atoms with van der Waals surface area (Å²) in [6.07, 6.45) is 0. The van der Waals surface area contributed by atoms with E-state index >= 15 is 0 Å². The molecule has 0 aliphatic heterocycles. The van der Waals surface area contributed by atoms with E-state index < -0.39 is 0 Å². The Bertz CT molecular complexity index is 2680. The summed E-state index contributed by atoms with van der Waals surface area (Å²) in [5.41, 5.74) is 10.2. The van der Waals surface area contributed by atoms with Crippen LogP contribution >= 0.6 is 0 Å². The molecule has 0 atom stereocenters. The van der Waals surface area contributed by atoms with Crippen molar-refractivity contribution in [2.45, 2.75) is 0 Å². The highest BCUT2D eigenvalue weighted by Crippen LogP contribution is 2.43. The van der Waals surface area contributed by atoms with Gasteiger partial charge in [0.1, 0.15) is 11.2 Å². The average molecular weight is 588 g/mol. The third-order valence-electron chi connectivity index (χ3n) is 9.20. The zero-order chi connectivity index (χ0) is 30.2. The predicted molar refractivity (Wildman–Crippen MR) is 189 cm³/mol. The molecule has 4 nitrogen and oxygen atoms in total. The molecule has 7 aromatic carbocycles. The highest BCUT2D eigenvalue weighted by atomic mass is 16.3. The fourth-order valence-corrected chi connectivity index (χ4v) is 7.10. The molecule has 214 valence electrons. The number of hydrogen-bond acceptors (Lipinski definition) is 3. The first-order valence-corrected chi connectivity index (χ1v) is 15.5. The summed E-state index contributed by atoms with van der Waals surface area (Å²) < 4.78 is 8.38. The summed E-state index contributed by atoms with van der Waals surface area (Å²) in [4.78, 5) is 10.4. The molecule has 0 spiro atoms. The van der Waals surface area contributed by atoms with Crippen molar-refractivity contribution >= 4 is 54.5 Å². The van der Waals surface area contributed by atoms with Crippen LogP contribution in [0.25, 0.3) is 94.1 Å². The first-order valence-electron chi connectivity index (χ1n) is 15.5. The van der Waals surface area contributed by atoms with E-state index in [9.17, 15) is 0 Å². The van der Waals surface area contributed by atoms with E-state index in [1.54, 1.807) is 0 Å². The fourth-order valence-electron chi connectivity index (χ4n) is 7.10. The number of rotatable bonds is 4. The third kappa shape index (κ3) is 3.67. The topological polar surface area (TPSA) is 43.9 Å². The lowest BCUT2D eigenvalue weighted by atomic mass is 9.94. The van der Waals surface area contributed by atoms with Crippen molar-refractivity contribution in [3.05, 3.63) is 152 Å². The minimum atomic E-state index is 0.657. The van der Waals surface area contributed by atoms with Gasteiger partial charge in [0.15, 0.2) is 0 Å². The van der Waals surface area contributed by atoms with Crippen LogP contribution < -0.4 is 0 Å². The lowest BCUT2D eigenvalue weighted by Crippen LogP contribution is -2.04. The number of benzene rings is 7. The molecule has 0 radical (unpaired) electrons. The van der Waals surface area contributed by atoms with Gasteiger partial charge in [0.2, 0.25) is 5.95 Å². The summed E-state index contributed by atoms with van der Waals surface area (Å²) in [7, 11) is 0. The van der Waals surface area contributed by atoms with Gasteiger partial charge in [-0.1, -0.05) is 115 Å². The molecule has 0 saturated heterocycles. The van der Waals surface area contributed by atoms with Gasteiger partial charge in [-0.3, -0.25) is 4.57 Å². The van der Waals surface area contributed by atoms with Crippen LogP contribution in [0.2, 0.25) is 0 Å². The molecule has 3 heterocycles. The quantitative estimate of drug-likeness (QED) is 0.192. The molecule has 3 aromatic heterocycles.